The molecule has 1 fully saturated rings. The first-order valence-corrected chi connectivity index (χ1v) is 6.67. The molecule has 2 aliphatic rings. The number of carbonyl (C=O) groups excluding carboxylic acids is 1. The second-order valence-corrected chi connectivity index (χ2v) is 5.11. The lowest BCUT2D eigenvalue weighted by atomic mass is 10.1. The minimum atomic E-state index is -0.465. The number of nitrogens with zero attached hydrogens (tertiary/aromatic N) is 1. The molecule has 0 radical (unpaired) electrons. The number of aliphatic hydroxyl groups is 1. The molecule has 1 aromatic rings. The number of rotatable bonds is 2. The van der Waals surface area contributed by atoms with Gasteiger partial charge < -0.3 is 20.1 Å². The van der Waals surface area contributed by atoms with E-state index in [4.69, 9.17) is 9.84 Å². The second kappa shape index (κ2) is 5.09. The molecule has 1 amide bonds. The summed E-state index contributed by atoms with van der Waals surface area (Å²) in [5.41, 5.74) is 0.932. The van der Waals surface area contributed by atoms with E-state index in [0.717, 1.165) is 17.9 Å². The number of nitrogens with one attached hydrogen (secondary N) is 1. The molecular formula is C14H18N2O3. The van der Waals surface area contributed by atoms with Crippen LogP contribution in [0.1, 0.15) is 6.42 Å². The Bertz CT molecular complexity index is 478. The predicted molar refractivity (Wildman–Crippen MR) is 71.1 cm³/mol. The van der Waals surface area contributed by atoms with Crippen molar-refractivity contribution in [2.24, 2.45) is 5.92 Å². The summed E-state index contributed by atoms with van der Waals surface area (Å²) >= 11 is 0. The summed E-state index contributed by atoms with van der Waals surface area (Å²) in [5.74, 6) is 0.954. The molecule has 2 aliphatic heterocycles. The Morgan fingerprint density at radius 3 is 3.11 bits per heavy atom. The number of para-hydroxylation sites is 2. The molecule has 1 saturated heterocycles. The Balaban J connectivity index is 1.66. The van der Waals surface area contributed by atoms with E-state index in [-0.39, 0.29) is 18.4 Å². The summed E-state index contributed by atoms with van der Waals surface area (Å²) in [7, 11) is 0. The molecule has 5 heteroatoms. The average molecular weight is 262 g/mol. The molecule has 2 heterocycles. The van der Waals surface area contributed by atoms with Gasteiger partial charge in [0, 0.05) is 25.6 Å². The number of benzene rings is 1. The van der Waals surface area contributed by atoms with E-state index in [1.165, 1.54) is 0 Å². The van der Waals surface area contributed by atoms with E-state index in [9.17, 15) is 4.79 Å². The van der Waals surface area contributed by atoms with E-state index in [1.807, 2.05) is 24.3 Å². The zero-order valence-electron chi connectivity index (χ0n) is 10.7. The molecule has 0 aromatic heterocycles. The Labute approximate surface area is 112 Å². The molecule has 1 aromatic carbocycles. The first-order valence-electron chi connectivity index (χ1n) is 6.67. The minimum Gasteiger partial charge on any atom is -0.477 e. The van der Waals surface area contributed by atoms with Crippen molar-refractivity contribution < 1.29 is 14.6 Å². The average Bonchev–Trinajstić information content (AvgIpc) is 2.95. The van der Waals surface area contributed by atoms with Crippen molar-refractivity contribution in [3.63, 3.8) is 0 Å². The zero-order valence-corrected chi connectivity index (χ0v) is 10.7. The van der Waals surface area contributed by atoms with Gasteiger partial charge in [0.25, 0.3) is 5.91 Å². The van der Waals surface area contributed by atoms with Gasteiger partial charge in [-0.1, -0.05) is 12.1 Å². The largest absolute Gasteiger partial charge is 0.477 e. The molecule has 2 unspecified atom stereocenters. The van der Waals surface area contributed by atoms with Crippen molar-refractivity contribution in [2.45, 2.75) is 12.5 Å². The number of carbonyl (C=O) groups is 1. The van der Waals surface area contributed by atoms with E-state index < -0.39 is 6.10 Å². The highest BCUT2D eigenvalue weighted by atomic mass is 16.5. The fourth-order valence-electron chi connectivity index (χ4n) is 2.64. The fourth-order valence-corrected chi connectivity index (χ4v) is 2.64. The van der Waals surface area contributed by atoms with Gasteiger partial charge >= 0.3 is 0 Å². The Morgan fingerprint density at radius 2 is 2.32 bits per heavy atom. The number of hydrogen-bond acceptors (Lipinski definition) is 4. The summed E-state index contributed by atoms with van der Waals surface area (Å²) in [6, 6.07) is 7.63. The van der Waals surface area contributed by atoms with Crippen LogP contribution >= 0.6 is 0 Å². The van der Waals surface area contributed by atoms with Gasteiger partial charge in [-0.25, -0.2) is 0 Å². The predicted octanol–water partition coefficient (Wildman–Crippen LogP) is 0.700. The normalized spacial score (nSPS) is 25.4. The van der Waals surface area contributed by atoms with Gasteiger partial charge in [0.15, 0.2) is 6.10 Å². The van der Waals surface area contributed by atoms with E-state index in [1.54, 1.807) is 4.90 Å². The molecule has 102 valence electrons. The van der Waals surface area contributed by atoms with Crippen molar-refractivity contribution in [3.8, 4) is 5.75 Å². The number of fused-ring (bicyclic) bond motifs is 1. The second-order valence-electron chi connectivity index (χ2n) is 5.11. The summed E-state index contributed by atoms with van der Waals surface area (Å²) in [5, 5.41) is 12.3. The molecule has 2 atom stereocenters. The van der Waals surface area contributed by atoms with E-state index in [0.29, 0.717) is 19.6 Å². The van der Waals surface area contributed by atoms with Gasteiger partial charge in [0.2, 0.25) is 0 Å². The van der Waals surface area contributed by atoms with Gasteiger partial charge in [-0.2, -0.15) is 0 Å². The Hall–Kier alpha value is -1.75. The van der Waals surface area contributed by atoms with Crippen LogP contribution in [0, 0.1) is 5.92 Å². The quantitative estimate of drug-likeness (QED) is 0.823. The Kier molecular flexibility index (Phi) is 3.29. The van der Waals surface area contributed by atoms with Gasteiger partial charge in [0.05, 0.1) is 12.2 Å². The van der Waals surface area contributed by atoms with Crippen LogP contribution in [-0.4, -0.2) is 48.3 Å². The van der Waals surface area contributed by atoms with Crippen molar-refractivity contribution >= 4 is 11.6 Å². The van der Waals surface area contributed by atoms with Gasteiger partial charge in [-0.15, -0.1) is 0 Å². The van der Waals surface area contributed by atoms with Crippen LogP contribution in [0.25, 0.3) is 0 Å². The Morgan fingerprint density at radius 1 is 1.47 bits per heavy atom. The van der Waals surface area contributed by atoms with Gasteiger partial charge in [0.1, 0.15) is 5.75 Å². The number of likely N-dealkylation sites (tertiary alicyclic amines) is 1. The topological polar surface area (TPSA) is 61.8 Å². The highest BCUT2D eigenvalue weighted by Crippen LogP contribution is 2.29. The molecule has 0 saturated carbocycles. The lowest BCUT2D eigenvalue weighted by Gasteiger charge is -2.29. The first-order chi connectivity index (χ1) is 9.28. The lowest BCUT2D eigenvalue weighted by molar-refractivity contribution is -0.137. The van der Waals surface area contributed by atoms with Crippen molar-refractivity contribution in [2.75, 3.05) is 31.6 Å². The molecule has 5 nitrogen and oxygen atoms in total. The number of ether oxygens (including phenoxy) is 1. The monoisotopic (exact) mass is 262 g/mol. The van der Waals surface area contributed by atoms with Crippen LogP contribution < -0.4 is 10.1 Å². The third kappa shape index (κ3) is 2.38. The zero-order chi connectivity index (χ0) is 13.2. The molecule has 0 spiro atoms. The van der Waals surface area contributed by atoms with Crippen LogP contribution in [-0.2, 0) is 4.79 Å². The van der Waals surface area contributed by atoms with Gasteiger partial charge in [-0.3, -0.25) is 4.79 Å². The lowest BCUT2D eigenvalue weighted by Crippen LogP contribution is -2.46. The third-order valence-electron chi connectivity index (χ3n) is 3.77. The summed E-state index contributed by atoms with van der Waals surface area (Å²) < 4.78 is 5.76. The van der Waals surface area contributed by atoms with Gasteiger partial charge in [-0.05, 0) is 18.6 Å². The highest BCUT2D eigenvalue weighted by molar-refractivity contribution is 5.83. The van der Waals surface area contributed by atoms with Crippen LogP contribution in [0.5, 0.6) is 5.75 Å². The standard InChI is InChI=1S/C14H18N2O3/c17-9-10-5-6-16(8-10)14(18)13-7-15-11-3-1-2-4-12(11)19-13/h1-4,10,13,15,17H,5-9H2. The number of anilines is 1. The van der Waals surface area contributed by atoms with E-state index >= 15 is 0 Å². The maximum absolute atomic E-state index is 12.4. The summed E-state index contributed by atoms with van der Waals surface area (Å²) in [6.45, 7) is 1.99. The maximum Gasteiger partial charge on any atom is 0.265 e. The summed E-state index contributed by atoms with van der Waals surface area (Å²) in [4.78, 5) is 14.1. The van der Waals surface area contributed by atoms with Crippen molar-refractivity contribution in [1.29, 1.82) is 0 Å². The van der Waals surface area contributed by atoms with Crippen molar-refractivity contribution in [3.05, 3.63) is 24.3 Å². The molecule has 0 aliphatic carbocycles. The first kappa shape index (κ1) is 12.3. The number of amides is 1. The smallest absolute Gasteiger partial charge is 0.265 e. The summed E-state index contributed by atoms with van der Waals surface area (Å²) in [6.07, 6.45) is 0.409. The molecule has 19 heavy (non-hydrogen) atoms. The SMILES string of the molecule is O=C(C1CNc2ccccc2O1)N1CCC(CO)C1. The van der Waals surface area contributed by atoms with E-state index in [2.05, 4.69) is 5.32 Å². The maximum atomic E-state index is 12.4. The van der Waals surface area contributed by atoms with Crippen LogP contribution in [0.3, 0.4) is 0 Å². The molecule has 3 rings (SSSR count). The molecule has 2 N–H and O–H groups in total. The molecular weight excluding hydrogens is 244 g/mol. The molecule has 0 bridgehead atoms. The van der Waals surface area contributed by atoms with Crippen molar-refractivity contribution in [1.82, 2.24) is 4.90 Å². The number of aliphatic hydroxyl groups excluding tert-OH is 1. The third-order valence-corrected chi connectivity index (χ3v) is 3.77. The minimum absolute atomic E-state index is 0.0120. The highest BCUT2D eigenvalue weighted by Gasteiger charge is 2.33. The van der Waals surface area contributed by atoms with Crippen LogP contribution in [0.15, 0.2) is 24.3 Å². The number of hydrogen-bond donors (Lipinski definition) is 2. The van der Waals surface area contributed by atoms with Crippen LogP contribution in [0.2, 0.25) is 0 Å². The van der Waals surface area contributed by atoms with Crippen LogP contribution in [0.4, 0.5) is 5.69 Å². The fraction of sp³-hybridized carbons (Fsp3) is 0.500.